The molecule has 0 saturated heterocycles. The molecule has 1 aromatic heterocycles. The maximum Gasteiger partial charge on any atom is 0.255 e. The van der Waals surface area contributed by atoms with E-state index in [0.29, 0.717) is 10.7 Å². The van der Waals surface area contributed by atoms with Gasteiger partial charge in [0.1, 0.15) is 0 Å². The minimum Gasteiger partial charge on any atom is -0.375 e. The molecule has 0 aliphatic rings. The molecule has 4 nitrogen and oxygen atoms in total. The second kappa shape index (κ2) is 5.22. The molecule has 0 unspecified atom stereocenters. The standard InChI is InChI=1S/C14H10BrN3OS/c15-9-2-1-3-10(7-9)17-13(19)8-4-5-11-12(6-8)20-14(16)18-11/h1-7H,(H2,16,18)(H,17,19). The molecule has 0 saturated carbocycles. The van der Waals surface area contributed by atoms with E-state index in [-0.39, 0.29) is 5.91 Å². The third kappa shape index (κ3) is 2.66. The van der Waals surface area contributed by atoms with Gasteiger partial charge in [-0.05, 0) is 36.4 Å². The first-order valence-corrected chi connectivity index (χ1v) is 7.46. The summed E-state index contributed by atoms with van der Waals surface area (Å²) in [6, 6.07) is 12.8. The third-order valence-electron chi connectivity index (χ3n) is 2.75. The van der Waals surface area contributed by atoms with Crippen LogP contribution in [0.15, 0.2) is 46.9 Å². The van der Waals surface area contributed by atoms with Crippen LogP contribution in [0.4, 0.5) is 10.8 Å². The Hall–Kier alpha value is -1.92. The van der Waals surface area contributed by atoms with Crippen molar-refractivity contribution in [1.82, 2.24) is 4.98 Å². The number of rotatable bonds is 2. The van der Waals surface area contributed by atoms with E-state index in [0.717, 1.165) is 20.4 Å². The molecule has 20 heavy (non-hydrogen) atoms. The topological polar surface area (TPSA) is 68.0 Å². The molecule has 2 aromatic carbocycles. The summed E-state index contributed by atoms with van der Waals surface area (Å²) in [4.78, 5) is 16.4. The molecule has 0 radical (unpaired) electrons. The highest BCUT2D eigenvalue weighted by Crippen LogP contribution is 2.25. The first-order chi connectivity index (χ1) is 9.61. The summed E-state index contributed by atoms with van der Waals surface area (Å²) < 4.78 is 1.82. The number of fused-ring (bicyclic) bond motifs is 1. The minimum atomic E-state index is -0.156. The average molecular weight is 348 g/mol. The van der Waals surface area contributed by atoms with Crippen LogP contribution in [0.2, 0.25) is 0 Å². The highest BCUT2D eigenvalue weighted by Gasteiger charge is 2.09. The van der Waals surface area contributed by atoms with Crippen molar-refractivity contribution in [3.63, 3.8) is 0 Å². The lowest BCUT2D eigenvalue weighted by molar-refractivity contribution is 0.102. The number of carbonyl (C=O) groups excluding carboxylic acids is 1. The van der Waals surface area contributed by atoms with Crippen LogP contribution in [0.25, 0.3) is 10.2 Å². The van der Waals surface area contributed by atoms with Crippen molar-refractivity contribution in [2.45, 2.75) is 0 Å². The molecular formula is C14H10BrN3OS. The SMILES string of the molecule is Nc1nc2ccc(C(=O)Nc3cccc(Br)c3)cc2s1. The molecule has 0 bridgehead atoms. The number of nitrogens with zero attached hydrogens (tertiary/aromatic N) is 1. The summed E-state index contributed by atoms with van der Waals surface area (Å²) in [6.07, 6.45) is 0. The molecule has 100 valence electrons. The van der Waals surface area contributed by atoms with E-state index >= 15 is 0 Å². The number of anilines is 2. The molecule has 3 N–H and O–H groups in total. The van der Waals surface area contributed by atoms with Crippen molar-refractivity contribution < 1.29 is 4.79 Å². The second-order valence-electron chi connectivity index (χ2n) is 4.20. The van der Waals surface area contributed by atoms with Gasteiger partial charge in [-0.1, -0.05) is 33.3 Å². The van der Waals surface area contributed by atoms with Crippen LogP contribution in [0, 0.1) is 0 Å². The van der Waals surface area contributed by atoms with Gasteiger partial charge in [-0.25, -0.2) is 4.98 Å². The second-order valence-corrected chi connectivity index (χ2v) is 6.18. The van der Waals surface area contributed by atoms with Gasteiger partial charge in [0.2, 0.25) is 0 Å². The van der Waals surface area contributed by atoms with E-state index in [4.69, 9.17) is 5.73 Å². The summed E-state index contributed by atoms with van der Waals surface area (Å²) in [5.74, 6) is -0.156. The molecule has 0 aliphatic heterocycles. The number of amides is 1. The predicted octanol–water partition coefficient (Wildman–Crippen LogP) is 3.89. The van der Waals surface area contributed by atoms with Gasteiger partial charge in [0.15, 0.2) is 5.13 Å². The molecule has 6 heteroatoms. The van der Waals surface area contributed by atoms with Gasteiger partial charge < -0.3 is 11.1 Å². The smallest absolute Gasteiger partial charge is 0.255 e. The highest BCUT2D eigenvalue weighted by atomic mass is 79.9. The van der Waals surface area contributed by atoms with Crippen molar-refractivity contribution in [3.05, 3.63) is 52.5 Å². The molecule has 0 spiro atoms. The van der Waals surface area contributed by atoms with Crippen LogP contribution in [-0.4, -0.2) is 10.9 Å². The first-order valence-electron chi connectivity index (χ1n) is 5.85. The number of nitrogens with one attached hydrogen (secondary N) is 1. The summed E-state index contributed by atoms with van der Waals surface area (Å²) in [6.45, 7) is 0. The zero-order valence-electron chi connectivity index (χ0n) is 10.3. The van der Waals surface area contributed by atoms with Gasteiger partial charge in [0.05, 0.1) is 10.2 Å². The van der Waals surface area contributed by atoms with E-state index in [9.17, 15) is 4.79 Å². The Morgan fingerprint density at radius 1 is 1.25 bits per heavy atom. The Kier molecular flexibility index (Phi) is 3.42. The summed E-state index contributed by atoms with van der Waals surface area (Å²) in [7, 11) is 0. The molecule has 1 heterocycles. The normalized spacial score (nSPS) is 10.7. The van der Waals surface area contributed by atoms with Gasteiger partial charge in [-0.3, -0.25) is 4.79 Å². The fourth-order valence-electron chi connectivity index (χ4n) is 1.85. The van der Waals surface area contributed by atoms with Crippen LogP contribution >= 0.6 is 27.3 Å². The predicted molar refractivity (Wildman–Crippen MR) is 86.1 cm³/mol. The quantitative estimate of drug-likeness (QED) is 0.738. The third-order valence-corrected chi connectivity index (χ3v) is 4.09. The van der Waals surface area contributed by atoms with Gasteiger partial charge in [-0.15, -0.1) is 0 Å². The number of carbonyl (C=O) groups is 1. The number of benzene rings is 2. The maximum atomic E-state index is 12.2. The van der Waals surface area contributed by atoms with Gasteiger partial charge in [-0.2, -0.15) is 0 Å². The van der Waals surface area contributed by atoms with Crippen LogP contribution in [-0.2, 0) is 0 Å². The lowest BCUT2D eigenvalue weighted by Crippen LogP contribution is -2.11. The molecule has 0 aliphatic carbocycles. The highest BCUT2D eigenvalue weighted by molar-refractivity contribution is 9.10. The Bertz CT molecular complexity index is 800. The van der Waals surface area contributed by atoms with E-state index in [1.165, 1.54) is 11.3 Å². The monoisotopic (exact) mass is 347 g/mol. The number of thiazole rings is 1. The summed E-state index contributed by atoms with van der Waals surface area (Å²) >= 11 is 4.74. The van der Waals surface area contributed by atoms with Gasteiger partial charge >= 0.3 is 0 Å². The van der Waals surface area contributed by atoms with Crippen LogP contribution in [0.1, 0.15) is 10.4 Å². The van der Waals surface area contributed by atoms with E-state index in [2.05, 4.69) is 26.2 Å². The van der Waals surface area contributed by atoms with E-state index in [1.54, 1.807) is 18.2 Å². The number of nitrogen functional groups attached to an aromatic ring is 1. The number of nitrogens with two attached hydrogens (primary N) is 1. The molecule has 0 atom stereocenters. The number of aromatic nitrogens is 1. The van der Waals surface area contributed by atoms with Crippen molar-refractivity contribution in [2.75, 3.05) is 11.1 Å². The van der Waals surface area contributed by atoms with E-state index in [1.807, 2.05) is 24.3 Å². The van der Waals surface area contributed by atoms with E-state index < -0.39 is 0 Å². The number of hydrogen-bond donors (Lipinski definition) is 2. The largest absolute Gasteiger partial charge is 0.375 e. The zero-order chi connectivity index (χ0) is 14.1. The number of hydrogen-bond acceptors (Lipinski definition) is 4. The fourth-order valence-corrected chi connectivity index (χ4v) is 3.03. The fraction of sp³-hybridized carbons (Fsp3) is 0. The molecule has 3 aromatic rings. The Morgan fingerprint density at radius 2 is 2.10 bits per heavy atom. The van der Waals surface area contributed by atoms with Crippen molar-refractivity contribution in [3.8, 4) is 0 Å². The van der Waals surface area contributed by atoms with Gasteiger partial charge in [0, 0.05) is 15.7 Å². The molecule has 0 fully saturated rings. The van der Waals surface area contributed by atoms with Crippen molar-refractivity contribution in [1.29, 1.82) is 0 Å². The van der Waals surface area contributed by atoms with Crippen LogP contribution in [0.5, 0.6) is 0 Å². The number of halogens is 1. The minimum absolute atomic E-state index is 0.156. The zero-order valence-corrected chi connectivity index (χ0v) is 12.7. The van der Waals surface area contributed by atoms with Crippen LogP contribution in [0.3, 0.4) is 0 Å². The lowest BCUT2D eigenvalue weighted by atomic mass is 10.2. The van der Waals surface area contributed by atoms with Crippen LogP contribution < -0.4 is 11.1 Å². The lowest BCUT2D eigenvalue weighted by Gasteiger charge is -2.05. The van der Waals surface area contributed by atoms with Gasteiger partial charge in [0.25, 0.3) is 5.91 Å². The Balaban J connectivity index is 1.88. The maximum absolute atomic E-state index is 12.2. The molecule has 3 rings (SSSR count). The molecular weight excluding hydrogens is 338 g/mol. The summed E-state index contributed by atoms with van der Waals surface area (Å²) in [5.41, 5.74) is 7.80. The Labute approximate surface area is 127 Å². The summed E-state index contributed by atoms with van der Waals surface area (Å²) in [5, 5.41) is 3.36. The van der Waals surface area contributed by atoms with Crippen molar-refractivity contribution in [2.24, 2.45) is 0 Å². The Morgan fingerprint density at radius 3 is 2.90 bits per heavy atom. The molecule has 1 amide bonds. The average Bonchev–Trinajstić information content (AvgIpc) is 2.77. The first kappa shape index (κ1) is 13.1. The van der Waals surface area contributed by atoms with Crippen molar-refractivity contribution >= 4 is 54.2 Å².